The summed E-state index contributed by atoms with van der Waals surface area (Å²) in [6.07, 6.45) is -0.871. The van der Waals surface area contributed by atoms with E-state index < -0.39 is 6.29 Å². The quantitative estimate of drug-likeness (QED) is 0.701. The Bertz CT molecular complexity index is 238. The fourth-order valence-electron chi connectivity index (χ4n) is 0.809. The summed E-state index contributed by atoms with van der Waals surface area (Å²) in [5.74, 6) is 0.143. The van der Waals surface area contributed by atoms with E-state index in [1.165, 1.54) is 0 Å². The predicted octanol–water partition coefficient (Wildman–Crippen LogP) is 1.22. The van der Waals surface area contributed by atoms with E-state index in [9.17, 15) is 4.79 Å². The molecule has 1 aliphatic rings. The van der Waals surface area contributed by atoms with E-state index in [0.29, 0.717) is 5.90 Å². The average Bonchev–Trinajstić information content (AvgIpc) is 2.50. The van der Waals surface area contributed by atoms with Gasteiger partial charge in [0.15, 0.2) is 0 Å². The van der Waals surface area contributed by atoms with Crippen LogP contribution in [0.3, 0.4) is 0 Å². The normalized spacial score (nSPS) is 23.5. The van der Waals surface area contributed by atoms with E-state index in [-0.39, 0.29) is 17.0 Å². The van der Waals surface area contributed by atoms with E-state index >= 15 is 0 Å². The summed E-state index contributed by atoms with van der Waals surface area (Å²) in [4.78, 5) is 16.2. The maximum atomic E-state index is 11.4. The minimum absolute atomic E-state index is 0.104. The van der Waals surface area contributed by atoms with Crippen LogP contribution in [0.5, 0.6) is 0 Å². The lowest BCUT2D eigenvalue weighted by Gasteiger charge is -2.10. The molecule has 0 fully saturated rings. The lowest BCUT2D eigenvalue weighted by molar-refractivity contribution is -0.148. The van der Waals surface area contributed by atoms with Gasteiger partial charge < -0.3 is 9.57 Å². The van der Waals surface area contributed by atoms with Crippen LogP contribution in [0.15, 0.2) is 5.16 Å². The van der Waals surface area contributed by atoms with Crippen molar-refractivity contribution in [2.45, 2.75) is 32.3 Å². The third-order valence-electron chi connectivity index (χ3n) is 1.62. The molecule has 0 radical (unpaired) electrons. The monoisotopic (exact) mass is 203 g/mol. The van der Waals surface area contributed by atoms with Gasteiger partial charge in [-0.15, -0.1) is 0 Å². The maximum absolute atomic E-state index is 11.4. The van der Waals surface area contributed by atoms with Crippen molar-refractivity contribution in [1.82, 2.24) is 0 Å². The van der Waals surface area contributed by atoms with Crippen LogP contribution in [0.1, 0.15) is 20.8 Å². The number of hydrogen-bond donors (Lipinski definition) is 1. The van der Waals surface area contributed by atoms with Crippen molar-refractivity contribution in [2.24, 2.45) is 11.1 Å². The molecule has 1 aliphatic heterocycles. The summed E-state index contributed by atoms with van der Waals surface area (Å²) < 4.78 is 5.15. The zero-order chi connectivity index (χ0) is 10.0. The Morgan fingerprint density at radius 3 is 2.54 bits per heavy atom. The van der Waals surface area contributed by atoms with Gasteiger partial charge in [0.2, 0.25) is 11.7 Å². The van der Waals surface area contributed by atoms with Crippen LogP contribution in [0.25, 0.3) is 0 Å². The number of carbonyl (C=O) groups excluding carboxylic acids is 1. The van der Waals surface area contributed by atoms with Crippen LogP contribution in [0.4, 0.5) is 0 Å². The molecule has 0 aromatic rings. The third-order valence-corrected chi connectivity index (χ3v) is 1.85. The first kappa shape index (κ1) is 10.4. The van der Waals surface area contributed by atoms with Gasteiger partial charge in [0, 0.05) is 5.92 Å². The Balaban J connectivity index is 2.50. The van der Waals surface area contributed by atoms with Crippen LogP contribution in [0, 0.1) is 5.92 Å². The molecule has 0 bridgehead atoms. The molecule has 13 heavy (non-hydrogen) atoms. The molecule has 1 heterocycles. The molecule has 2 unspecified atom stereocenters. The molecule has 74 valence electrons. The van der Waals surface area contributed by atoms with Gasteiger partial charge >= 0.3 is 6.29 Å². The van der Waals surface area contributed by atoms with Crippen molar-refractivity contribution in [1.29, 1.82) is 0 Å². The Morgan fingerprint density at radius 2 is 2.15 bits per heavy atom. The Morgan fingerprint density at radius 1 is 1.54 bits per heavy atom. The van der Waals surface area contributed by atoms with Gasteiger partial charge in [-0.2, -0.15) is 12.6 Å². The van der Waals surface area contributed by atoms with E-state index in [2.05, 4.69) is 17.8 Å². The highest BCUT2D eigenvalue weighted by atomic mass is 32.1. The number of thiol groups is 1. The molecule has 5 heteroatoms. The molecule has 0 N–H and O–H groups in total. The highest BCUT2D eigenvalue weighted by Gasteiger charge is 2.32. The molecule has 1 rings (SSSR count). The van der Waals surface area contributed by atoms with Gasteiger partial charge in [-0.3, -0.25) is 4.79 Å². The fraction of sp³-hybridized carbons (Fsp3) is 0.750. The molecular formula is C8H13NO3S. The van der Waals surface area contributed by atoms with Gasteiger partial charge in [0.05, 0.1) is 5.25 Å². The fourth-order valence-corrected chi connectivity index (χ4v) is 0.917. The number of rotatable bonds is 3. The molecular weight excluding hydrogens is 190 g/mol. The van der Waals surface area contributed by atoms with E-state index in [1.807, 2.05) is 0 Å². The van der Waals surface area contributed by atoms with Crippen LogP contribution >= 0.6 is 12.6 Å². The molecule has 2 atom stereocenters. The second kappa shape index (κ2) is 4.00. The summed E-state index contributed by atoms with van der Waals surface area (Å²) in [6.45, 7) is 5.38. The molecule has 0 aliphatic carbocycles. The lowest BCUT2D eigenvalue weighted by atomic mass is 10.1. The minimum atomic E-state index is -0.871. The van der Waals surface area contributed by atoms with Gasteiger partial charge in [0.1, 0.15) is 0 Å². The second-order valence-electron chi connectivity index (χ2n) is 3.22. The Kier molecular flexibility index (Phi) is 3.19. The van der Waals surface area contributed by atoms with Crippen molar-refractivity contribution < 1.29 is 14.4 Å². The van der Waals surface area contributed by atoms with Crippen LogP contribution in [0.2, 0.25) is 0 Å². The average molecular weight is 203 g/mol. The largest absolute Gasteiger partial charge is 0.428 e. The molecule has 0 saturated carbocycles. The van der Waals surface area contributed by atoms with Crippen molar-refractivity contribution in [3.05, 3.63) is 0 Å². The summed E-state index contributed by atoms with van der Waals surface area (Å²) in [5.41, 5.74) is 0. The van der Waals surface area contributed by atoms with E-state index in [4.69, 9.17) is 9.57 Å². The smallest absolute Gasteiger partial charge is 0.326 e. The summed E-state index contributed by atoms with van der Waals surface area (Å²) in [7, 11) is 0. The number of ketones is 1. The number of oxime groups is 1. The Labute approximate surface area is 82.7 Å². The molecule has 4 nitrogen and oxygen atoms in total. The SMILES string of the molecule is CC(C)C(=O)C1ON=C(C(C)S)O1. The summed E-state index contributed by atoms with van der Waals surface area (Å²) in [5, 5.41) is 3.47. The zero-order valence-corrected chi connectivity index (χ0v) is 8.75. The number of Topliss-reactive ketones (excluding diaryl/α,β-unsaturated/α-hetero) is 1. The topological polar surface area (TPSA) is 47.9 Å². The van der Waals surface area contributed by atoms with E-state index in [1.54, 1.807) is 20.8 Å². The lowest BCUT2D eigenvalue weighted by Crippen LogP contribution is -2.28. The first-order valence-corrected chi connectivity index (χ1v) is 4.66. The van der Waals surface area contributed by atoms with Crippen molar-refractivity contribution >= 4 is 24.3 Å². The standard InChI is InChI=1S/C8H13NO3S/c1-4(2)6(10)8-11-7(5(3)13)9-12-8/h4-5,8,13H,1-3H3. The summed E-state index contributed by atoms with van der Waals surface area (Å²) in [6, 6.07) is 0. The van der Waals surface area contributed by atoms with Crippen molar-refractivity contribution in [3.8, 4) is 0 Å². The first-order chi connectivity index (χ1) is 6.02. The minimum Gasteiger partial charge on any atom is -0.428 e. The number of ether oxygens (including phenoxy) is 1. The molecule has 0 spiro atoms. The predicted molar refractivity (Wildman–Crippen MR) is 51.7 cm³/mol. The van der Waals surface area contributed by atoms with Crippen LogP contribution in [-0.4, -0.2) is 23.2 Å². The molecule has 0 aromatic heterocycles. The van der Waals surface area contributed by atoms with Crippen LogP contribution in [-0.2, 0) is 14.4 Å². The van der Waals surface area contributed by atoms with Gasteiger partial charge in [-0.05, 0) is 12.1 Å². The first-order valence-electron chi connectivity index (χ1n) is 4.14. The maximum Gasteiger partial charge on any atom is 0.326 e. The Hall–Kier alpha value is -0.710. The molecule has 0 saturated heterocycles. The highest BCUT2D eigenvalue weighted by Crippen LogP contribution is 2.15. The van der Waals surface area contributed by atoms with Crippen molar-refractivity contribution in [3.63, 3.8) is 0 Å². The van der Waals surface area contributed by atoms with Gasteiger partial charge in [0.25, 0.3) is 0 Å². The van der Waals surface area contributed by atoms with E-state index in [0.717, 1.165) is 0 Å². The molecule has 0 amide bonds. The van der Waals surface area contributed by atoms with Crippen LogP contribution < -0.4 is 0 Å². The third kappa shape index (κ3) is 2.37. The second-order valence-corrected chi connectivity index (χ2v) is 3.99. The number of carbonyl (C=O) groups is 1. The van der Waals surface area contributed by atoms with Crippen molar-refractivity contribution in [2.75, 3.05) is 0 Å². The highest BCUT2D eigenvalue weighted by molar-refractivity contribution is 7.81. The number of hydrogen-bond acceptors (Lipinski definition) is 5. The van der Waals surface area contributed by atoms with Gasteiger partial charge in [-0.1, -0.05) is 13.8 Å². The zero-order valence-electron chi connectivity index (χ0n) is 7.85. The number of nitrogens with zero attached hydrogens (tertiary/aromatic N) is 1. The molecule has 0 aromatic carbocycles. The van der Waals surface area contributed by atoms with Gasteiger partial charge in [-0.25, -0.2) is 0 Å². The summed E-state index contributed by atoms with van der Waals surface area (Å²) >= 11 is 4.11.